The Kier molecular flexibility index (Phi) is 5.31. The Bertz CT molecular complexity index is 741. The molecular weight excluding hydrogens is 373 g/mol. The van der Waals surface area contributed by atoms with Gasteiger partial charge in [-0.05, 0) is 37.9 Å². The molecule has 1 aromatic heterocycles. The zero-order valence-corrected chi connectivity index (χ0v) is 14.2. The molecule has 7 heteroatoms. The van der Waals surface area contributed by atoms with Crippen LogP contribution in [0.1, 0.15) is 17.2 Å². The third kappa shape index (κ3) is 4.45. The molecule has 0 amide bonds. The molecule has 0 aliphatic heterocycles. The second kappa shape index (κ2) is 6.88. The van der Waals surface area contributed by atoms with E-state index in [0.717, 1.165) is 12.1 Å². The van der Waals surface area contributed by atoms with E-state index in [9.17, 15) is 18.0 Å². The molecule has 0 bridgehead atoms. The van der Waals surface area contributed by atoms with Crippen molar-refractivity contribution < 1.29 is 13.2 Å². The van der Waals surface area contributed by atoms with Crippen molar-refractivity contribution in [2.45, 2.75) is 12.2 Å². The predicted molar refractivity (Wildman–Crippen MR) is 86.5 cm³/mol. The second-order valence-electron chi connectivity index (χ2n) is 5.49. The first-order chi connectivity index (χ1) is 10.7. The van der Waals surface area contributed by atoms with Gasteiger partial charge in [-0.25, -0.2) is 0 Å². The topological polar surface area (TPSA) is 25.2 Å². The molecule has 1 unspecified atom stereocenters. The Labute approximate surface area is 140 Å². The Morgan fingerprint density at radius 3 is 2.48 bits per heavy atom. The van der Waals surface area contributed by atoms with Crippen LogP contribution >= 0.6 is 15.9 Å². The first-order valence-electron chi connectivity index (χ1n) is 6.88. The molecule has 2 aromatic rings. The summed E-state index contributed by atoms with van der Waals surface area (Å²) in [4.78, 5) is 14.0. The second-order valence-corrected chi connectivity index (χ2v) is 6.41. The lowest BCUT2D eigenvalue weighted by Crippen LogP contribution is -2.32. The van der Waals surface area contributed by atoms with Crippen LogP contribution in [0.25, 0.3) is 0 Å². The fourth-order valence-corrected chi connectivity index (χ4v) is 2.66. The summed E-state index contributed by atoms with van der Waals surface area (Å²) in [6, 6.07) is 7.69. The van der Waals surface area contributed by atoms with Gasteiger partial charge in [-0.1, -0.05) is 28.1 Å². The number of hydrogen-bond donors (Lipinski definition) is 0. The average molecular weight is 389 g/mol. The van der Waals surface area contributed by atoms with Crippen molar-refractivity contribution in [1.29, 1.82) is 0 Å². The zero-order valence-electron chi connectivity index (χ0n) is 12.6. The SMILES string of the molecule is CN(C)CC(c1cccc(C(F)(F)F)c1)n1ccc(Br)cc1=O. The largest absolute Gasteiger partial charge is 0.416 e. The van der Waals surface area contributed by atoms with Gasteiger partial charge >= 0.3 is 6.18 Å². The van der Waals surface area contributed by atoms with Crippen LogP contribution in [0.2, 0.25) is 0 Å². The van der Waals surface area contributed by atoms with Gasteiger partial charge in [0.05, 0.1) is 11.6 Å². The lowest BCUT2D eigenvalue weighted by atomic mass is 10.0. The van der Waals surface area contributed by atoms with E-state index in [1.807, 2.05) is 19.0 Å². The summed E-state index contributed by atoms with van der Waals surface area (Å²) in [7, 11) is 3.62. The number of pyridine rings is 1. The van der Waals surface area contributed by atoms with Crippen LogP contribution in [0.4, 0.5) is 13.2 Å². The van der Waals surface area contributed by atoms with Crippen LogP contribution in [0, 0.1) is 0 Å². The van der Waals surface area contributed by atoms with Crippen molar-refractivity contribution in [2.24, 2.45) is 0 Å². The van der Waals surface area contributed by atoms with Crippen molar-refractivity contribution in [2.75, 3.05) is 20.6 Å². The maximum atomic E-state index is 12.9. The highest BCUT2D eigenvalue weighted by molar-refractivity contribution is 9.10. The Balaban J connectivity index is 2.53. The van der Waals surface area contributed by atoms with Gasteiger partial charge in [-0.2, -0.15) is 13.2 Å². The third-order valence-electron chi connectivity index (χ3n) is 3.38. The van der Waals surface area contributed by atoms with Crippen molar-refractivity contribution in [3.8, 4) is 0 Å². The highest BCUT2D eigenvalue weighted by Crippen LogP contribution is 2.31. The van der Waals surface area contributed by atoms with Gasteiger partial charge in [0.15, 0.2) is 0 Å². The van der Waals surface area contributed by atoms with E-state index in [4.69, 9.17) is 0 Å². The summed E-state index contributed by atoms with van der Waals surface area (Å²) in [5, 5.41) is 0. The Morgan fingerprint density at radius 2 is 1.91 bits per heavy atom. The molecule has 0 saturated heterocycles. The molecule has 1 atom stereocenters. The van der Waals surface area contributed by atoms with Crippen LogP contribution in [0.15, 0.2) is 51.9 Å². The minimum Gasteiger partial charge on any atom is -0.307 e. The first kappa shape index (κ1) is 17.7. The fourth-order valence-electron chi connectivity index (χ4n) is 2.35. The van der Waals surface area contributed by atoms with Gasteiger partial charge in [0.25, 0.3) is 5.56 Å². The quantitative estimate of drug-likeness (QED) is 0.796. The Hall–Kier alpha value is -1.60. The third-order valence-corrected chi connectivity index (χ3v) is 3.88. The Morgan fingerprint density at radius 1 is 1.22 bits per heavy atom. The van der Waals surface area contributed by atoms with Gasteiger partial charge in [0.2, 0.25) is 0 Å². The lowest BCUT2D eigenvalue weighted by molar-refractivity contribution is -0.137. The minimum atomic E-state index is -4.41. The van der Waals surface area contributed by atoms with E-state index in [2.05, 4.69) is 15.9 Å². The van der Waals surface area contributed by atoms with Gasteiger partial charge in [0.1, 0.15) is 0 Å². The molecular formula is C16H16BrF3N2O. The summed E-state index contributed by atoms with van der Waals surface area (Å²) in [5.74, 6) is 0. The van der Waals surface area contributed by atoms with Crippen LogP contribution < -0.4 is 5.56 Å². The summed E-state index contributed by atoms with van der Waals surface area (Å²) in [6.07, 6.45) is -2.83. The molecule has 0 spiro atoms. The van der Waals surface area contributed by atoms with E-state index in [1.54, 1.807) is 18.3 Å². The van der Waals surface area contributed by atoms with Gasteiger partial charge in [0, 0.05) is 23.3 Å². The maximum absolute atomic E-state index is 12.9. The first-order valence-corrected chi connectivity index (χ1v) is 7.67. The van der Waals surface area contributed by atoms with Crippen molar-refractivity contribution in [3.63, 3.8) is 0 Å². The number of rotatable bonds is 4. The highest BCUT2D eigenvalue weighted by atomic mass is 79.9. The van der Waals surface area contributed by atoms with Crippen LogP contribution in [-0.2, 0) is 6.18 Å². The number of nitrogens with zero attached hydrogens (tertiary/aromatic N) is 2. The molecule has 23 heavy (non-hydrogen) atoms. The number of halogens is 4. The summed E-state index contributed by atoms with van der Waals surface area (Å²) < 4.78 is 40.9. The molecule has 124 valence electrons. The summed E-state index contributed by atoms with van der Waals surface area (Å²) in [6.45, 7) is 0.406. The van der Waals surface area contributed by atoms with Crippen molar-refractivity contribution in [3.05, 3.63) is 68.5 Å². The minimum absolute atomic E-state index is 0.274. The van der Waals surface area contributed by atoms with Gasteiger partial charge in [-0.15, -0.1) is 0 Å². The molecule has 0 radical (unpaired) electrons. The summed E-state index contributed by atoms with van der Waals surface area (Å²) in [5.41, 5.74) is -0.550. The molecule has 0 N–H and O–H groups in total. The van der Waals surface area contributed by atoms with E-state index < -0.39 is 17.8 Å². The van der Waals surface area contributed by atoms with Gasteiger partial charge < -0.3 is 9.47 Å². The number of aromatic nitrogens is 1. The number of hydrogen-bond acceptors (Lipinski definition) is 2. The van der Waals surface area contributed by atoms with E-state index in [1.165, 1.54) is 16.7 Å². The van der Waals surface area contributed by atoms with Crippen LogP contribution in [0.5, 0.6) is 0 Å². The average Bonchev–Trinajstić information content (AvgIpc) is 2.44. The lowest BCUT2D eigenvalue weighted by Gasteiger charge is -2.24. The molecule has 3 nitrogen and oxygen atoms in total. The van der Waals surface area contributed by atoms with E-state index >= 15 is 0 Å². The number of alkyl halides is 3. The maximum Gasteiger partial charge on any atom is 0.416 e. The number of likely N-dealkylation sites (N-methyl/N-ethyl adjacent to an activating group) is 1. The van der Waals surface area contributed by atoms with Crippen molar-refractivity contribution >= 4 is 15.9 Å². The smallest absolute Gasteiger partial charge is 0.307 e. The fraction of sp³-hybridized carbons (Fsp3) is 0.312. The molecule has 0 fully saturated rings. The van der Waals surface area contributed by atoms with Crippen LogP contribution in [-0.4, -0.2) is 30.1 Å². The molecule has 0 saturated carbocycles. The molecule has 1 aromatic carbocycles. The predicted octanol–water partition coefficient (Wildman–Crippen LogP) is 3.78. The highest BCUT2D eigenvalue weighted by Gasteiger charge is 2.31. The van der Waals surface area contributed by atoms with E-state index in [-0.39, 0.29) is 5.56 Å². The van der Waals surface area contributed by atoms with Crippen molar-refractivity contribution in [1.82, 2.24) is 9.47 Å². The standard InChI is InChI=1S/C16H16BrF3N2O/c1-21(2)10-14(22-7-6-13(17)9-15(22)23)11-4-3-5-12(8-11)16(18,19)20/h3-9,14H,10H2,1-2H3. The summed E-state index contributed by atoms with van der Waals surface area (Å²) >= 11 is 3.22. The monoisotopic (exact) mass is 388 g/mol. The normalized spacial score (nSPS) is 13.3. The van der Waals surface area contributed by atoms with E-state index in [0.29, 0.717) is 16.6 Å². The van der Waals surface area contributed by atoms with Crippen LogP contribution in [0.3, 0.4) is 0 Å². The molecule has 1 heterocycles. The number of benzene rings is 1. The molecule has 0 aliphatic carbocycles. The molecule has 0 aliphatic rings. The molecule has 2 rings (SSSR count). The van der Waals surface area contributed by atoms with Gasteiger partial charge in [-0.3, -0.25) is 4.79 Å². The zero-order chi connectivity index (χ0) is 17.2.